The Morgan fingerprint density at radius 2 is 2.00 bits per heavy atom. The van der Waals surface area contributed by atoms with Crippen LogP contribution in [0.15, 0.2) is 23.7 Å². The molecule has 2 nitrogen and oxygen atoms in total. The van der Waals surface area contributed by atoms with Gasteiger partial charge in [0.25, 0.3) is 0 Å². The highest BCUT2D eigenvalue weighted by Gasteiger charge is 2.06. The zero-order valence-corrected chi connectivity index (χ0v) is 9.60. The number of rotatable bonds is 4. The van der Waals surface area contributed by atoms with E-state index in [4.69, 9.17) is 16.3 Å². The Morgan fingerprint density at radius 1 is 1.47 bits per heavy atom. The maximum absolute atomic E-state index is 10.6. The Balaban J connectivity index is 2.97. The van der Waals surface area contributed by atoms with Crippen LogP contribution in [-0.2, 0) is 0 Å². The van der Waals surface area contributed by atoms with Crippen molar-refractivity contribution in [1.82, 2.24) is 0 Å². The second-order valence-electron chi connectivity index (χ2n) is 3.41. The highest BCUT2D eigenvalue weighted by atomic mass is 35.5. The maximum Gasteiger partial charge on any atom is 0.150 e. The monoisotopic (exact) mass is 224 g/mol. The van der Waals surface area contributed by atoms with E-state index in [0.29, 0.717) is 10.6 Å². The van der Waals surface area contributed by atoms with E-state index in [1.54, 1.807) is 12.1 Å². The molecule has 0 bridgehead atoms. The average Bonchev–Trinajstić information content (AvgIpc) is 2.15. The molecule has 3 heteroatoms. The molecule has 0 atom stereocenters. The number of carbonyl (C=O) groups is 1. The zero-order valence-electron chi connectivity index (χ0n) is 8.84. The first-order chi connectivity index (χ1) is 7.04. The van der Waals surface area contributed by atoms with Gasteiger partial charge in [-0.1, -0.05) is 18.2 Å². The van der Waals surface area contributed by atoms with Crippen molar-refractivity contribution in [2.24, 2.45) is 0 Å². The third-order valence-electron chi connectivity index (χ3n) is 1.99. The van der Waals surface area contributed by atoms with Crippen molar-refractivity contribution in [3.05, 3.63) is 40.4 Å². The molecule has 0 heterocycles. The van der Waals surface area contributed by atoms with Crippen molar-refractivity contribution < 1.29 is 9.53 Å². The summed E-state index contributed by atoms with van der Waals surface area (Å²) in [5, 5.41) is 0.452. The highest BCUT2D eigenvalue weighted by molar-refractivity contribution is 6.29. The molecule has 0 aliphatic carbocycles. The van der Waals surface area contributed by atoms with Crippen LogP contribution < -0.4 is 4.74 Å². The molecule has 0 fully saturated rings. The minimum absolute atomic E-state index is 0.281. The van der Waals surface area contributed by atoms with Gasteiger partial charge in [0.15, 0.2) is 0 Å². The Hall–Kier alpha value is -1.28. The summed E-state index contributed by atoms with van der Waals surface area (Å²) in [4.78, 5) is 10.6. The van der Waals surface area contributed by atoms with Crippen LogP contribution in [0.5, 0.6) is 5.75 Å². The van der Waals surface area contributed by atoms with Gasteiger partial charge in [0.1, 0.15) is 18.6 Å². The van der Waals surface area contributed by atoms with Gasteiger partial charge in [0.2, 0.25) is 0 Å². The molecule has 15 heavy (non-hydrogen) atoms. The first-order valence-electron chi connectivity index (χ1n) is 4.57. The summed E-state index contributed by atoms with van der Waals surface area (Å²) < 4.78 is 5.48. The van der Waals surface area contributed by atoms with Crippen LogP contribution in [0.25, 0.3) is 0 Å². The number of hydrogen-bond donors (Lipinski definition) is 0. The number of hydrogen-bond acceptors (Lipinski definition) is 2. The second-order valence-corrected chi connectivity index (χ2v) is 3.94. The van der Waals surface area contributed by atoms with E-state index in [9.17, 15) is 4.79 Å². The van der Waals surface area contributed by atoms with Crippen molar-refractivity contribution in [3.63, 3.8) is 0 Å². The molecule has 1 aromatic rings. The molecule has 0 amide bonds. The Morgan fingerprint density at radius 3 is 2.40 bits per heavy atom. The van der Waals surface area contributed by atoms with Gasteiger partial charge in [-0.05, 0) is 37.1 Å². The standard InChI is InChI=1S/C12H13ClO2/c1-8-4-11(6-14)5-9(2)12(8)15-7-10(3)13/h4-6H,3,7H2,1-2H3. The van der Waals surface area contributed by atoms with Gasteiger partial charge >= 0.3 is 0 Å². The number of aryl methyl sites for hydroxylation is 2. The predicted octanol–water partition coefficient (Wildman–Crippen LogP) is 3.25. The molecule has 0 saturated carbocycles. The lowest BCUT2D eigenvalue weighted by Crippen LogP contribution is -2.01. The summed E-state index contributed by atoms with van der Waals surface area (Å²) in [6.07, 6.45) is 0.824. The molecular weight excluding hydrogens is 212 g/mol. The van der Waals surface area contributed by atoms with E-state index in [1.165, 1.54) is 0 Å². The van der Waals surface area contributed by atoms with Crippen molar-refractivity contribution in [2.45, 2.75) is 13.8 Å². The normalized spacial score (nSPS) is 9.80. The number of ether oxygens (including phenoxy) is 1. The lowest BCUT2D eigenvalue weighted by Gasteiger charge is -2.11. The molecule has 0 spiro atoms. The van der Waals surface area contributed by atoms with E-state index in [1.807, 2.05) is 13.8 Å². The maximum atomic E-state index is 10.6. The van der Waals surface area contributed by atoms with E-state index in [-0.39, 0.29) is 6.61 Å². The van der Waals surface area contributed by atoms with Gasteiger partial charge in [-0.2, -0.15) is 0 Å². The first-order valence-corrected chi connectivity index (χ1v) is 4.95. The molecule has 0 N–H and O–H groups in total. The van der Waals surface area contributed by atoms with Crippen LogP contribution in [0.1, 0.15) is 21.5 Å². The predicted molar refractivity (Wildman–Crippen MR) is 61.8 cm³/mol. The van der Waals surface area contributed by atoms with Crippen LogP contribution >= 0.6 is 11.6 Å². The van der Waals surface area contributed by atoms with Gasteiger partial charge in [-0.25, -0.2) is 0 Å². The number of carbonyl (C=O) groups excluding carboxylic acids is 1. The van der Waals surface area contributed by atoms with Crippen LogP contribution in [0, 0.1) is 13.8 Å². The summed E-state index contributed by atoms with van der Waals surface area (Å²) in [6.45, 7) is 7.62. The number of benzene rings is 1. The third kappa shape index (κ3) is 3.10. The first kappa shape index (κ1) is 11.8. The van der Waals surface area contributed by atoms with Gasteiger partial charge in [0, 0.05) is 10.6 Å². The second kappa shape index (κ2) is 4.99. The summed E-state index contributed by atoms with van der Waals surface area (Å²) >= 11 is 5.62. The van der Waals surface area contributed by atoms with E-state index >= 15 is 0 Å². The summed E-state index contributed by atoms with van der Waals surface area (Å²) in [5.74, 6) is 0.766. The minimum Gasteiger partial charge on any atom is -0.487 e. The molecule has 0 unspecified atom stereocenters. The summed E-state index contributed by atoms with van der Waals surface area (Å²) in [7, 11) is 0. The average molecular weight is 225 g/mol. The summed E-state index contributed by atoms with van der Waals surface area (Å²) in [6, 6.07) is 3.57. The summed E-state index contributed by atoms with van der Waals surface area (Å²) in [5.41, 5.74) is 2.51. The van der Waals surface area contributed by atoms with E-state index < -0.39 is 0 Å². The molecule has 0 aliphatic rings. The lowest BCUT2D eigenvalue weighted by atomic mass is 10.1. The van der Waals surface area contributed by atoms with E-state index in [2.05, 4.69) is 6.58 Å². The lowest BCUT2D eigenvalue weighted by molar-refractivity contribution is 0.112. The van der Waals surface area contributed by atoms with Gasteiger partial charge in [-0.15, -0.1) is 0 Å². The molecule has 0 aromatic heterocycles. The quantitative estimate of drug-likeness (QED) is 0.734. The smallest absolute Gasteiger partial charge is 0.150 e. The SMILES string of the molecule is C=C(Cl)COc1c(C)cc(C=O)cc1C. The Bertz CT molecular complexity index is 374. The fourth-order valence-corrected chi connectivity index (χ4v) is 1.48. The topological polar surface area (TPSA) is 26.3 Å². The van der Waals surface area contributed by atoms with Gasteiger partial charge in [-0.3, -0.25) is 4.79 Å². The van der Waals surface area contributed by atoms with Crippen LogP contribution in [0.4, 0.5) is 0 Å². The largest absolute Gasteiger partial charge is 0.487 e. The van der Waals surface area contributed by atoms with Crippen molar-refractivity contribution >= 4 is 17.9 Å². The third-order valence-corrected chi connectivity index (χ3v) is 2.10. The van der Waals surface area contributed by atoms with E-state index in [0.717, 1.165) is 23.2 Å². The molecule has 80 valence electrons. The molecule has 1 rings (SSSR count). The molecule has 0 radical (unpaired) electrons. The van der Waals surface area contributed by atoms with Crippen LogP contribution in [0.3, 0.4) is 0 Å². The Kier molecular flexibility index (Phi) is 3.92. The molecule has 0 aliphatic heterocycles. The van der Waals surface area contributed by atoms with Crippen molar-refractivity contribution in [1.29, 1.82) is 0 Å². The molecular formula is C12H13ClO2. The molecule has 1 aromatic carbocycles. The van der Waals surface area contributed by atoms with Crippen LogP contribution in [0.2, 0.25) is 0 Å². The molecule has 0 saturated heterocycles. The zero-order chi connectivity index (χ0) is 11.4. The van der Waals surface area contributed by atoms with Crippen LogP contribution in [-0.4, -0.2) is 12.9 Å². The van der Waals surface area contributed by atoms with Gasteiger partial charge in [0.05, 0.1) is 0 Å². The minimum atomic E-state index is 0.281. The van der Waals surface area contributed by atoms with Crippen molar-refractivity contribution in [2.75, 3.05) is 6.61 Å². The van der Waals surface area contributed by atoms with Gasteiger partial charge < -0.3 is 4.74 Å². The fourth-order valence-electron chi connectivity index (χ4n) is 1.43. The number of halogens is 1. The Labute approximate surface area is 94.5 Å². The van der Waals surface area contributed by atoms with Crippen molar-refractivity contribution in [3.8, 4) is 5.75 Å². The fraction of sp³-hybridized carbons (Fsp3) is 0.250. The number of aldehydes is 1. The highest BCUT2D eigenvalue weighted by Crippen LogP contribution is 2.24.